The standard InChI is InChI=1S/C23H27NO2/c1-5-19-7-9-20(10-8-19)26-12-6-11-24-22(25)15-17(3)21-14-16(2)13-18(4)23(21)24/h7-10,13-15H,5-6,11-12H2,1-4H3. The molecule has 3 rings (SSSR count). The molecule has 0 aliphatic heterocycles. The molecule has 0 atom stereocenters. The van der Waals surface area contributed by atoms with Crippen molar-refractivity contribution in [2.24, 2.45) is 0 Å². The van der Waals surface area contributed by atoms with Crippen molar-refractivity contribution in [3.05, 3.63) is 75.1 Å². The van der Waals surface area contributed by atoms with Crippen molar-refractivity contribution in [1.82, 2.24) is 4.57 Å². The summed E-state index contributed by atoms with van der Waals surface area (Å²) in [5.74, 6) is 0.884. The molecule has 0 radical (unpaired) electrons. The number of ether oxygens (including phenoxy) is 1. The lowest BCUT2D eigenvalue weighted by atomic mass is 10.0. The Kier molecular flexibility index (Phi) is 5.46. The molecular formula is C23H27NO2. The predicted molar refractivity (Wildman–Crippen MR) is 108 cm³/mol. The van der Waals surface area contributed by atoms with Gasteiger partial charge in [0.05, 0.1) is 12.1 Å². The summed E-state index contributed by atoms with van der Waals surface area (Å²) in [5, 5.41) is 1.16. The van der Waals surface area contributed by atoms with Crippen LogP contribution in [0.4, 0.5) is 0 Å². The molecule has 0 spiro atoms. The third-order valence-electron chi connectivity index (χ3n) is 4.87. The molecule has 0 N–H and O–H groups in total. The first-order valence-corrected chi connectivity index (χ1v) is 9.32. The van der Waals surface area contributed by atoms with E-state index >= 15 is 0 Å². The number of pyridine rings is 1. The highest BCUT2D eigenvalue weighted by Gasteiger charge is 2.09. The first-order chi connectivity index (χ1) is 12.5. The smallest absolute Gasteiger partial charge is 0.251 e. The number of hydrogen-bond acceptors (Lipinski definition) is 2. The molecule has 0 fully saturated rings. The minimum absolute atomic E-state index is 0.0641. The summed E-state index contributed by atoms with van der Waals surface area (Å²) in [6.45, 7) is 9.58. The van der Waals surface area contributed by atoms with Crippen LogP contribution in [0.2, 0.25) is 0 Å². The summed E-state index contributed by atoms with van der Waals surface area (Å²) in [6, 6.07) is 14.3. The molecule has 1 heterocycles. The zero-order valence-corrected chi connectivity index (χ0v) is 16.1. The van der Waals surface area contributed by atoms with E-state index in [9.17, 15) is 4.79 Å². The molecule has 3 aromatic rings. The van der Waals surface area contributed by atoms with E-state index in [-0.39, 0.29) is 5.56 Å². The van der Waals surface area contributed by atoms with Crippen molar-refractivity contribution >= 4 is 10.9 Å². The number of hydrogen-bond donors (Lipinski definition) is 0. The molecule has 0 aliphatic rings. The van der Waals surface area contributed by atoms with Crippen LogP contribution in [0.3, 0.4) is 0 Å². The van der Waals surface area contributed by atoms with Gasteiger partial charge < -0.3 is 9.30 Å². The van der Waals surface area contributed by atoms with Gasteiger partial charge >= 0.3 is 0 Å². The summed E-state index contributed by atoms with van der Waals surface area (Å²) in [6.07, 6.45) is 1.82. The maximum absolute atomic E-state index is 12.5. The number of benzene rings is 2. The second kappa shape index (κ2) is 7.77. The molecule has 136 valence electrons. The molecule has 0 unspecified atom stereocenters. The highest BCUT2D eigenvalue weighted by Crippen LogP contribution is 2.22. The minimum Gasteiger partial charge on any atom is -0.494 e. The summed E-state index contributed by atoms with van der Waals surface area (Å²) in [4.78, 5) is 12.5. The van der Waals surface area contributed by atoms with Crippen molar-refractivity contribution in [2.75, 3.05) is 6.61 Å². The Balaban J connectivity index is 1.75. The Morgan fingerprint density at radius 1 is 0.962 bits per heavy atom. The Hall–Kier alpha value is -2.55. The van der Waals surface area contributed by atoms with E-state index in [0.717, 1.165) is 40.6 Å². The largest absolute Gasteiger partial charge is 0.494 e. The van der Waals surface area contributed by atoms with E-state index in [4.69, 9.17) is 4.74 Å². The van der Waals surface area contributed by atoms with Crippen LogP contribution in [0.25, 0.3) is 10.9 Å². The van der Waals surface area contributed by atoms with Gasteiger partial charge in [0, 0.05) is 18.0 Å². The van der Waals surface area contributed by atoms with Crippen LogP contribution in [-0.4, -0.2) is 11.2 Å². The molecule has 2 aromatic carbocycles. The number of nitrogens with zero attached hydrogens (tertiary/aromatic N) is 1. The lowest BCUT2D eigenvalue weighted by Gasteiger charge is -2.15. The predicted octanol–water partition coefficient (Wildman–Crippen LogP) is 4.96. The monoisotopic (exact) mass is 349 g/mol. The molecule has 0 saturated heterocycles. The van der Waals surface area contributed by atoms with Crippen molar-refractivity contribution in [2.45, 2.75) is 47.1 Å². The quantitative estimate of drug-likeness (QED) is 0.589. The second-order valence-corrected chi connectivity index (χ2v) is 6.99. The van der Waals surface area contributed by atoms with Gasteiger partial charge in [0.1, 0.15) is 5.75 Å². The molecule has 0 amide bonds. The van der Waals surface area contributed by atoms with Crippen LogP contribution in [0, 0.1) is 20.8 Å². The van der Waals surface area contributed by atoms with Gasteiger partial charge in [-0.3, -0.25) is 4.79 Å². The topological polar surface area (TPSA) is 31.2 Å². The van der Waals surface area contributed by atoms with Crippen LogP contribution in [0.5, 0.6) is 5.75 Å². The molecular weight excluding hydrogens is 322 g/mol. The Labute approximate surface area is 155 Å². The second-order valence-electron chi connectivity index (χ2n) is 6.99. The molecule has 26 heavy (non-hydrogen) atoms. The first kappa shape index (κ1) is 18.2. The highest BCUT2D eigenvalue weighted by molar-refractivity contribution is 5.86. The Morgan fingerprint density at radius 2 is 1.69 bits per heavy atom. The van der Waals surface area contributed by atoms with E-state index in [1.165, 1.54) is 11.1 Å². The van der Waals surface area contributed by atoms with Crippen LogP contribution in [-0.2, 0) is 13.0 Å². The zero-order chi connectivity index (χ0) is 18.7. The molecule has 3 heteroatoms. The summed E-state index contributed by atoms with van der Waals surface area (Å²) < 4.78 is 7.73. The number of aryl methyl sites for hydroxylation is 5. The third kappa shape index (κ3) is 3.82. The zero-order valence-electron chi connectivity index (χ0n) is 16.1. The Morgan fingerprint density at radius 3 is 2.38 bits per heavy atom. The maximum Gasteiger partial charge on any atom is 0.251 e. The maximum atomic E-state index is 12.5. The fourth-order valence-electron chi connectivity index (χ4n) is 3.53. The summed E-state index contributed by atoms with van der Waals surface area (Å²) in [5.41, 5.74) is 5.84. The van der Waals surface area contributed by atoms with Gasteiger partial charge in [-0.1, -0.05) is 30.7 Å². The first-order valence-electron chi connectivity index (χ1n) is 9.32. The van der Waals surface area contributed by atoms with Gasteiger partial charge in [0.2, 0.25) is 0 Å². The van der Waals surface area contributed by atoms with Gasteiger partial charge in [0.15, 0.2) is 0 Å². The normalized spacial score (nSPS) is 11.1. The van der Waals surface area contributed by atoms with Gasteiger partial charge in [-0.25, -0.2) is 0 Å². The Bertz CT molecular complexity index is 968. The van der Waals surface area contributed by atoms with Crippen molar-refractivity contribution in [1.29, 1.82) is 0 Å². The minimum atomic E-state index is 0.0641. The van der Waals surface area contributed by atoms with Crippen molar-refractivity contribution in [3.63, 3.8) is 0 Å². The fourth-order valence-corrected chi connectivity index (χ4v) is 3.53. The highest BCUT2D eigenvalue weighted by atomic mass is 16.5. The third-order valence-corrected chi connectivity index (χ3v) is 4.87. The van der Waals surface area contributed by atoms with Crippen LogP contribution in [0.1, 0.15) is 35.6 Å². The molecule has 0 bridgehead atoms. The molecule has 1 aromatic heterocycles. The number of fused-ring (bicyclic) bond motifs is 1. The number of aromatic nitrogens is 1. The lowest BCUT2D eigenvalue weighted by molar-refractivity contribution is 0.302. The number of rotatable bonds is 6. The van der Waals surface area contributed by atoms with Gasteiger partial charge in [-0.15, -0.1) is 0 Å². The van der Waals surface area contributed by atoms with Gasteiger partial charge in [0.25, 0.3) is 5.56 Å². The van der Waals surface area contributed by atoms with E-state index < -0.39 is 0 Å². The fraction of sp³-hybridized carbons (Fsp3) is 0.348. The summed E-state index contributed by atoms with van der Waals surface area (Å²) in [7, 11) is 0. The van der Waals surface area contributed by atoms with Crippen LogP contribution < -0.4 is 10.3 Å². The average Bonchev–Trinajstić information content (AvgIpc) is 2.61. The van der Waals surface area contributed by atoms with E-state index in [1.807, 2.05) is 23.6 Å². The van der Waals surface area contributed by atoms with Crippen LogP contribution in [0.15, 0.2) is 47.3 Å². The van der Waals surface area contributed by atoms with E-state index in [0.29, 0.717) is 13.2 Å². The van der Waals surface area contributed by atoms with Gasteiger partial charge in [-0.05, 0) is 68.5 Å². The molecule has 0 saturated carbocycles. The SMILES string of the molecule is CCc1ccc(OCCCn2c(=O)cc(C)c3cc(C)cc(C)c32)cc1. The lowest BCUT2D eigenvalue weighted by Crippen LogP contribution is -2.22. The van der Waals surface area contributed by atoms with E-state index in [1.54, 1.807) is 6.07 Å². The van der Waals surface area contributed by atoms with E-state index in [2.05, 4.69) is 45.0 Å². The van der Waals surface area contributed by atoms with Crippen molar-refractivity contribution in [3.8, 4) is 5.75 Å². The van der Waals surface area contributed by atoms with Crippen LogP contribution >= 0.6 is 0 Å². The van der Waals surface area contributed by atoms with Gasteiger partial charge in [-0.2, -0.15) is 0 Å². The average molecular weight is 349 g/mol. The molecule has 3 nitrogen and oxygen atoms in total. The molecule has 0 aliphatic carbocycles. The summed E-state index contributed by atoms with van der Waals surface area (Å²) >= 11 is 0. The van der Waals surface area contributed by atoms with Crippen molar-refractivity contribution < 1.29 is 4.74 Å².